The van der Waals surface area contributed by atoms with Crippen molar-refractivity contribution in [3.05, 3.63) is 41.6 Å². The highest BCUT2D eigenvalue weighted by Gasteiger charge is 2.23. The average molecular weight is 217 g/mol. The fourth-order valence-corrected chi connectivity index (χ4v) is 2.15. The summed E-state index contributed by atoms with van der Waals surface area (Å²) in [6.07, 6.45) is 2.78. The number of ketones is 1. The molecule has 1 aromatic carbocycles. The van der Waals surface area contributed by atoms with Crippen molar-refractivity contribution < 1.29 is 9.53 Å². The molecule has 1 atom stereocenters. The van der Waals surface area contributed by atoms with Crippen LogP contribution in [0.15, 0.2) is 36.0 Å². The molecule has 0 radical (unpaired) electrons. The smallest absolute Gasteiger partial charge is 0.158 e. The molecule has 0 bridgehead atoms. The summed E-state index contributed by atoms with van der Waals surface area (Å²) >= 11 is 0. The van der Waals surface area contributed by atoms with Gasteiger partial charge < -0.3 is 10.5 Å². The Kier molecular flexibility index (Phi) is 2.95. The summed E-state index contributed by atoms with van der Waals surface area (Å²) in [7, 11) is 1.64. The van der Waals surface area contributed by atoms with E-state index in [1.807, 2.05) is 24.3 Å². The first kappa shape index (κ1) is 10.7. The Morgan fingerprint density at radius 2 is 2.06 bits per heavy atom. The fraction of sp³-hybridized carbons (Fsp3) is 0.308. The van der Waals surface area contributed by atoms with Gasteiger partial charge in [0.05, 0.1) is 7.11 Å². The van der Waals surface area contributed by atoms with Crippen LogP contribution in [0.4, 0.5) is 0 Å². The van der Waals surface area contributed by atoms with E-state index in [9.17, 15) is 4.79 Å². The largest absolute Gasteiger partial charge is 0.496 e. The van der Waals surface area contributed by atoms with Crippen molar-refractivity contribution in [1.82, 2.24) is 0 Å². The summed E-state index contributed by atoms with van der Waals surface area (Å²) in [6, 6.07) is 7.78. The third kappa shape index (κ3) is 2.08. The molecular formula is C13H15NO2. The first-order valence-electron chi connectivity index (χ1n) is 5.32. The van der Waals surface area contributed by atoms with Crippen LogP contribution in [0.5, 0.6) is 5.75 Å². The third-order valence-corrected chi connectivity index (χ3v) is 2.85. The zero-order chi connectivity index (χ0) is 11.5. The predicted octanol–water partition coefficient (Wildman–Crippen LogP) is 1.98. The van der Waals surface area contributed by atoms with Gasteiger partial charge in [-0.3, -0.25) is 4.79 Å². The van der Waals surface area contributed by atoms with Crippen LogP contribution in [0, 0.1) is 0 Å². The van der Waals surface area contributed by atoms with Gasteiger partial charge in [0.15, 0.2) is 5.78 Å². The van der Waals surface area contributed by atoms with Crippen molar-refractivity contribution >= 4 is 5.78 Å². The van der Waals surface area contributed by atoms with E-state index >= 15 is 0 Å². The van der Waals surface area contributed by atoms with E-state index in [0.717, 1.165) is 17.7 Å². The Morgan fingerprint density at radius 1 is 1.31 bits per heavy atom. The summed E-state index contributed by atoms with van der Waals surface area (Å²) < 4.78 is 5.30. The number of hydrogen-bond acceptors (Lipinski definition) is 3. The number of ether oxygens (including phenoxy) is 1. The molecule has 1 aliphatic rings. The van der Waals surface area contributed by atoms with Gasteiger partial charge in [0.2, 0.25) is 0 Å². The Balaban J connectivity index is 2.31. The second-order valence-electron chi connectivity index (χ2n) is 4.03. The van der Waals surface area contributed by atoms with E-state index in [1.165, 1.54) is 6.08 Å². The lowest BCUT2D eigenvalue weighted by Crippen LogP contribution is -2.17. The van der Waals surface area contributed by atoms with Gasteiger partial charge in [-0.15, -0.1) is 0 Å². The van der Waals surface area contributed by atoms with E-state index in [1.54, 1.807) is 7.11 Å². The summed E-state index contributed by atoms with van der Waals surface area (Å²) in [6.45, 7) is 0. The minimum atomic E-state index is 0.0969. The molecule has 16 heavy (non-hydrogen) atoms. The number of hydrogen-bond donors (Lipinski definition) is 1. The van der Waals surface area contributed by atoms with Crippen molar-refractivity contribution in [2.24, 2.45) is 5.73 Å². The normalized spacial score (nSPS) is 20.4. The molecule has 0 saturated carbocycles. The van der Waals surface area contributed by atoms with Crippen LogP contribution >= 0.6 is 0 Å². The van der Waals surface area contributed by atoms with Crippen molar-refractivity contribution in [1.29, 1.82) is 0 Å². The van der Waals surface area contributed by atoms with Crippen LogP contribution in [0.1, 0.15) is 24.3 Å². The van der Waals surface area contributed by atoms with E-state index in [0.29, 0.717) is 12.1 Å². The number of rotatable bonds is 2. The molecule has 0 fully saturated rings. The second kappa shape index (κ2) is 4.39. The van der Waals surface area contributed by atoms with Gasteiger partial charge in [-0.25, -0.2) is 0 Å². The number of methoxy groups -OCH3 is 1. The number of nitrogens with two attached hydrogens (primary N) is 1. The molecule has 0 unspecified atom stereocenters. The number of benzene rings is 1. The number of carbonyl (C=O) groups is 1. The first-order chi connectivity index (χ1) is 7.70. The van der Waals surface area contributed by atoms with Crippen molar-refractivity contribution in [2.75, 3.05) is 7.11 Å². The molecule has 0 heterocycles. The molecule has 0 aromatic heterocycles. The SMILES string of the molecule is COc1ccccc1[C@H]1CC(=O)C=C(N)C1. The molecule has 2 rings (SSSR count). The highest BCUT2D eigenvalue weighted by atomic mass is 16.5. The maximum atomic E-state index is 11.5. The summed E-state index contributed by atoms with van der Waals surface area (Å²) in [4.78, 5) is 11.5. The lowest BCUT2D eigenvalue weighted by molar-refractivity contribution is -0.115. The van der Waals surface area contributed by atoms with Crippen LogP contribution < -0.4 is 10.5 Å². The first-order valence-corrected chi connectivity index (χ1v) is 5.32. The predicted molar refractivity (Wildman–Crippen MR) is 62.2 cm³/mol. The summed E-state index contributed by atoms with van der Waals surface area (Å²) in [5.74, 6) is 1.07. The lowest BCUT2D eigenvalue weighted by atomic mass is 9.85. The van der Waals surface area contributed by atoms with E-state index in [2.05, 4.69) is 0 Å². The highest BCUT2D eigenvalue weighted by molar-refractivity contribution is 5.92. The van der Waals surface area contributed by atoms with E-state index in [-0.39, 0.29) is 11.7 Å². The van der Waals surface area contributed by atoms with Crippen LogP contribution in [-0.4, -0.2) is 12.9 Å². The van der Waals surface area contributed by atoms with Gasteiger partial charge in [-0.05, 0) is 24.1 Å². The molecule has 0 amide bonds. The van der Waals surface area contributed by atoms with Crippen molar-refractivity contribution in [3.8, 4) is 5.75 Å². The fourth-order valence-electron chi connectivity index (χ4n) is 2.15. The van der Waals surface area contributed by atoms with Gasteiger partial charge in [-0.2, -0.15) is 0 Å². The molecule has 84 valence electrons. The van der Waals surface area contributed by atoms with Gasteiger partial charge in [0.1, 0.15) is 5.75 Å². The van der Waals surface area contributed by atoms with Crippen molar-refractivity contribution in [2.45, 2.75) is 18.8 Å². The Bertz CT molecular complexity index is 437. The molecule has 0 saturated heterocycles. The molecule has 1 aromatic rings. The maximum Gasteiger partial charge on any atom is 0.158 e. The Hall–Kier alpha value is -1.77. The zero-order valence-electron chi connectivity index (χ0n) is 9.27. The quantitative estimate of drug-likeness (QED) is 0.824. The van der Waals surface area contributed by atoms with Gasteiger partial charge in [0, 0.05) is 18.0 Å². The Labute approximate surface area is 94.9 Å². The summed E-state index contributed by atoms with van der Waals surface area (Å²) in [5.41, 5.74) is 7.47. The molecule has 0 spiro atoms. The van der Waals surface area contributed by atoms with Gasteiger partial charge in [-0.1, -0.05) is 18.2 Å². The van der Waals surface area contributed by atoms with Crippen LogP contribution in [-0.2, 0) is 4.79 Å². The van der Waals surface area contributed by atoms with Crippen molar-refractivity contribution in [3.63, 3.8) is 0 Å². The second-order valence-corrected chi connectivity index (χ2v) is 4.03. The minimum absolute atomic E-state index is 0.0969. The standard InChI is InChI=1S/C13H15NO2/c1-16-13-5-3-2-4-12(13)9-6-10(14)8-11(15)7-9/h2-5,8-9H,6-7,14H2,1H3/t9-/m1/s1. The molecule has 3 heteroatoms. The number of allylic oxidation sites excluding steroid dienone is 2. The van der Waals surface area contributed by atoms with Crippen LogP contribution in [0.2, 0.25) is 0 Å². The Morgan fingerprint density at radius 3 is 2.75 bits per heavy atom. The topological polar surface area (TPSA) is 52.3 Å². The van der Waals surface area contributed by atoms with Crippen LogP contribution in [0.3, 0.4) is 0 Å². The highest BCUT2D eigenvalue weighted by Crippen LogP contribution is 2.34. The van der Waals surface area contributed by atoms with E-state index < -0.39 is 0 Å². The molecule has 2 N–H and O–H groups in total. The molecular weight excluding hydrogens is 202 g/mol. The molecule has 1 aliphatic carbocycles. The summed E-state index contributed by atoms with van der Waals surface area (Å²) in [5, 5.41) is 0. The molecule has 3 nitrogen and oxygen atoms in total. The maximum absolute atomic E-state index is 11.5. The average Bonchev–Trinajstić information content (AvgIpc) is 2.27. The lowest BCUT2D eigenvalue weighted by Gasteiger charge is -2.22. The van der Waals surface area contributed by atoms with Gasteiger partial charge in [0.25, 0.3) is 0 Å². The van der Waals surface area contributed by atoms with Crippen LogP contribution in [0.25, 0.3) is 0 Å². The van der Waals surface area contributed by atoms with Gasteiger partial charge >= 0.3 is 0 Å². The monoisotopic (exact) mass is 217 g/mol. The minimum Gasteiger partial charge on any atom is -0.496 e. The number of para-hydroxylation sites is 1. The molecule has 0 aliphatic heterocycles. The van der Waals surface area contributed by atoms with E-state index in [4.69, 9.17) is 10.5 Å². The zero-order valence-corrected chi connectivity index (χ0v) is 9.27. The number of carbonyl (C=O) groups excluding carboxylic acids is 1. The third-order valence-electron chi connectivity index (χ3n) is 2.85.